The molecule has 3 rings (SSSR count). The molecule has 0 saturated heterocycles. The second-order valence-corrected chi connectivity index (χ2v) is 7.26. The van der Waals surface area contributed by atoms with Crippen LogP contribution in [-0.4, -0.2) is 40.8 Å². The molecule has 1 aliphatic heterocycles. The van der Waals surface area contributed by atoms with E-state index in [0.717, 1.165) is 5.01 Å². The molecule has 134 valence electrons. The van der Waals surface area contributed by atoms with Crippen molar-refractivity contribution in [1.29, 1.82) is 0 Å². The number of nitrogens with zero attached hydrogens (tertiary/aromatic N) is 4. The molecule has 0 saturated carbocycles. The van der Waals surface area contributed by atoms with Crippen molar-refractivity contribution >= 4 is 55.5 Å². The first-order chi connectivity index (χ1) is 12.2. The van der Waals surface area contributed by atoms with E-state index in [1.807, 2.05) is 0 Å². The first-order valence-electron chi connectivity index (χ1n) is 7.28. The molecule has 26 heavy (non-hydrogen) atoms. The highest BCUT2D eigenvalue weighted by Crippen LogP contribution is 2.31. The third-order valence-electron chi connectivity index (χ3n) is 3.72. The molecular formula is C15H13N5O4S2. The zero-order valence-electron chi connectivity index (χ0n) is 13.4. The summed E-state index contributed by atoms with van der Waals surface area (Å²) in [5.41, 5.74) is 6.14. The fourth-order valence-electron chi connectivity index (χ4n) is 2.53. The van der Waals surface area contributed by atoms with Gasteiger partial charge < -0.3 is 5.73 Å². The number of rotatable bonds is 3. The second-order valence-electron chi connectivity index (χ2n) is 5.45. The average Bonchev–Trinajstić information content (AvgIpc) is 2.86. The van der Waals surface area contributed by atoms with E-state index in [0.29, 0.717) is 22.2 Å². The van der Waals surface area contributed by atoms with Gasteiger partial charge in [0, 0.05) is 10.8 Å². The summed E-state index contributed by atoms with van der Waals surface area (Å²) < 4.78 is 32.4. The minimum absolute atomic E-state index is 0.185. The van der Waals surface area contributed by atoms with E-state index < -0.39 is 22.1 Å². The number of fused-ring (bicyclic) bond motifs is 1. The van der Waals surface area contributed by atoms with Gasteiger partial charge in [-0.1, -0.05) is 24.3 Å². The fraction of sp³-hybridized carbons (Fsp3) is 0.133. The topological polar surface area (TPSA) is 138 Å². The van der Waals surface area contributed by atoms with E-state index in [1.54, 1.807) is 31.2 Å². The maximum absolute atomic E-state index is 12.2. The van der Waals surface area contributed by atoms with Crippen LogP contribution in [-0.2, 0) is 14.9 Å². The lowest BCUT2D eigenvalue weighted by atomic mass is 10.1. The molecule has 1 heterocycles. The van der Waals surface area contributed by atoms with E-state index >= 15 is 0 Å². The number of azo groups is 1. The minimum Gasteiger partial charge on any atom is -0.374 e. The molecule has 0 spiro atoms. The lowest BCUT2D eigenvalue weighted by molar-refractivity contribution is -0.126. The molecule has 9 nitrogen and oxygen atoms in total. The van der Waals surface area contributed by atoms with Crippen molar-refractivity contribution in [1.82, 2.24) is 5.01 Å². The maximum atomic E-state index is 12.2. The zero-order valence-corrected chi connectivity index (χ0v) is 15.0. The van der Waals surface area contributed by atoms with Crippen LogP contribution in [0.25, 0.3) is 10.8 Å². The van der Waals surface area contributed by atoms with Crippen LogP contribution in [0.3, 0.4) is 0 Å². The fourth-order valence-corrected chi connectivity index (χ4v) is 3.36. The Labute approximate surface area is 153 Å². The molecule has 2 aromatic rings. The molecular weight excluding hydrogens is 378 g/mol. The lowest BCUT2D eigenvalue weighted by Crippen LogP contribution is -2.37. The summed E-state index contributed by atoms with van der Waals surface area (Å²) in [6.07, 6.45) is 0. The Morgan fingerprint density at radius 2 is 1.92 bits per heavy atom. The van der Waals surface area contributed by atoms with Crippen LogP contribution < -0.4 is 5.73 Å². The van der Waals surface area contributed by atoms with Crippen molar-refractivity contribution in [2.24, 2.45) is 21.1 Å². The van der Waals surface area contributed by atoms with Gasteiger partial charge in [0.05, 0.1) is 11.4 Å². The molecule has 3 N–H and O–H groups in total. The van der Waals surface area contributed by atoms with Gasteiger partial charge in [-0.2, -0.15) is 28.8 Å². The largest absolute Gasteiger partial charge is 0.374 e. The standard InChI is InChI=1S/C15H13N5O4S2/c1-8-13(14(21)20(19-8)15(16)25)18-17-11-6-7-12(26(22,23)24)10-5-3-2-4-9(10)11/h2-7,13H,1H3,(H2,16,25)(H,22,23,24). The third-order valence-corrected chi connectivity index (χ3v) is 4.81. The SMILES string of the molecule is CC1=NN(C(N)=S)C(=O)C1N=Nc1ccc(S(=O)(=O)O)c2ccccc12. The Morgan fingerprint density at radius 1 is 1.27 bits per heavy atom. The van der Waals surface area contributed by atoms with Gasteiger partial charge in [-0.05, 0) is 31.3 Å². The van der Waals surface area contributed by atoms with E-state index in [1.165, 1.54) is 12.1 Å². The summed E-state index contributed by atoms with van der Waals surface area (Å²) in [6, 6.07) is 8.16. The van der Waals surface area contributed by atoms with Crippen molar-refractivity contribution in [3.05, 3.63) is 36.4 Å². The van der Waals surface area contributed by atoms with E-state index in [4.69, 9.17) is 18.0 Å². The number of thiocarbonyl (C=S) groups is 1. The van der Waals surface area contributed by atoms with Crippen molar-refractivity contribution < 1.29 is 17.8 Å². The Balaban J connectivity index is 2.03. The molecule has 1 amide bonds. The summed E-state index contributed by atoms with van der Waals surface area (Å²) in [5.74, 6) is -0.516. The minimum atomic E-state index is -4.39. The summed E-state index contributed by atoms with van der Waals surface area (Å²) >= 11 is 4.75. The molecule has 0 fully saturated rings. The number of carbonyl (C=O) groups is 1. The highest BCUT2D eigenvalue weighted by atomic mass is 32.2. The Bertz CT molecular complexity index is 1090. The van der Waals surface area contributed by atoms with Gasteiger partial charge in [0.25, 0.3) is 16.0 Å². The van der Waals surface area contributed by atoms with Gasteiger partial charge in [-0.25, -0.2) is 0 Å². The number of amides is 1. The van der Waals surface area contributed by atoms with Gasteiger partial charge >= 0.3 is 0 Å². The summed E-state index contributed by atoms with van der Waals surface area (Å²) in [5, 5.41) is 13.5. The van der Waals surface area contributed by atoms with Gasteiger partial charge in [0.2, 0.25) is 0 Å². The normalized spacial score (nSPS) is 17.9. The number of carbonyl (C=O) groups excluding carboxylic acids is 1. The monoisotopic (exact) mass is 391 g/mol. The van der Waals surface area contributed by atoms with Crippen molar-refractivity contribution in [2.75, 3.05) is 0 Å². The number of hydrogen-bond donors (Lipinski definition) is 2. The van der Waals surface area contributed by atoms with Gasteiger partial charge in [0.15, 0.2) is 11.2 Å². The highest BCUT2D eigenvalue weighted by Gasteiger charge is 2.35. The third kappa shape index (κ3) is 3.19. The molecule has 11 heteroatoms. The van der Waals surface area contributed by atoms with E-state index in [2.05, 4.69) is 15.3 Å². The number of hydrogen-bond acceptors (Lipinski definition) is 7. The molecule has 0 aromatic heterocycles. The second kappa shape index (κ2) is 6.52. The summed E-state index contributed by atoms with van der Waals surface area (Å²) in [4.78, 5) is 12.0. The van der Waals surface area contributed by atoms with Crippen LogP contribution in [0.4, 0.5) is 5.69 Å². The highest BCUT2D eigenvalue weighted by molar-refractivity contribution is 7.86. The molecule has 1 unspecified atom stereocenters. The molecule has 1 aliphatic rings. The summed E-state index contributed by atoms with van der Waals surface area (Å²) in [6.45, 7) is 1.60. The number of nitrogens with two attached hydrogens (primary N) is 1. The van der Waals surface area contributed by atoms with E-state index in [-0.39, 0.29) is 10.0 Å². The van der Waals surface area contributed by atoms with Crippen molar-refractivity contribution in [3.8, 4) is 0 Å². The summed E-state index contributed by atoms with van der Waals surface area (Å²) in [7, 11) is -4.39. The number of hydrazone groups is 1. The van der Waals surface area contributed by atoms with Crippen LogP contribution in [0.2, 0.25) is 0 Å². The van der Waals surface area contributed by atoms with Crippen LogP contribution in [0, 0.1) is 0 Å². The first kappa shape index (κ1) is 18.0. The maximum Gasteiger partial charge on any atom is 0.295 e. The zero-order chi connectivity index (χ0) is 19.1. The van der Waals surface area contributed by atoms with Crippen LogP contribution in [0.5, 0.6) is 0 Å². The lowest BCUT2D eigenvalue weighted by Gasteiger charge is -2.09. The van der Waals surface area contributed by atoms with Crippen LogP contribution >= 0.6 is 12.2 Å². The molecule has 1 atom stereocenters. The molecule has 2 aromatic carbocycles. The van der Waals surface area contributed by atoms with Crippen molar-refractivity contribution in [2.45, 2.75) is 17.9 Å². The Morgan fingerprint density at radius 3 is 2.50 bits per heavy atom. The molecule has 0 bridgehead atoms. The Hall–Kier alpha value is -2.76. The molecule has 0 radical (unpaired) electrons. The van der Waals surface area contributed by atoms with Crippen molar-refractivity contribution in [3.63, 3.8) is 0 Å². The van der Waals surface area contributed by atoms with Crippen LogP contribution in [0.15, 0.2) is 56.6 Å². The van der Waals surface area contributed by atoms with Gasteiger partial charge in [0.1, 0.15) is 4.90 Å². The Kier molecular flexibility index (Phi) is 4.52. The quantitative estimate of drug-likeness (QED) is 0.466. The van der Waals surface area contributed by atoms with E-state index in [9.17, 15) is 17.8 Å². The molecule has 0 aliphatic carbocycles. The smallest absolute Gasteiger partial charge is 0.295 e. The number of benzene rings is 2. The van der Waals surface area contributed by atoms with Gasteiger partial charge in [-0.15, -0.1) is 0 Å². The van der Waals surface area contributed by atoms with Crippen LogP contribution in [0.1, 0.15) is 6.92 Å². The van der Waals surface area contributed by atoms with Gasteiger partial charge in [-0.3, -0.25) is 9.35 Å². The predicted molar refractivity (Wildman–Crippen MR) is 98.8 cm³/mol. The predicted octanol–water partition coefficient (Wildman–Crippen LogP) is 2.00. The first-order valence-corrected chi connectivity index (χ1v) is 9.13. The average molecular weight is 391 g/mol.